The van der Waals surface area contributed by atoms with Gasteiger partial charge in [0.05, 0.1) is 30.4 Å². The third-order valence-corrected chi connectivity index (χ3v) is 5.05. The summed E-state index contributed by atoms with van der Waals surface area (Å²) < 4.78 is 45.2. The summed E-state index contributed by atoms with van der Waals surface area (Å²) in [4.78, 5) is 0. The maximum atomic E-state index is 13.1. The summed E-state index contributed by atoms with van der Waals surface area (Å²) in [5, 5.41) is 12.9. The van der Waals surface area contributed by atoms with Crippen LogP contribution in [0.5, 0.6) is 0 Å². The Morgan fingerprint density at radius 2 is 1.88 bits per heavy atom. The third-order valence-electron chi connectivity index (χ3n) is 5.05. The summed E-state index contributed by atoms with van der Waals surface area (Å²) in [6.07, 6.45) is -4.61. The van der Waals surface area contributed by atoms with Gasteiger partial charge in [0.25, 0.3) is 0 Å². The molecule has 25 heavy (non-hydrogen) atoms. The molecule has 0 radical (unpaired) electrons. The fraction of sp³-hybridized carbons (Fsp3) is 0.368. The van der Waals surface area contributed by atoms with Gasteiger partial charge < -0.3 is 15.2 Å². The average Bonchev–Trinajstić information content (AvgIpc) is 3.05. The molecule has 4 atom stereocenters. The molecule has 0 saturated carbocycles. The number of hydrogen-bond donors (Lipinski definition) is 2. The smallest absolute Gasteiger partial charge is 0.394 e. The molecule has 2 aliphatic rings. The van der Waals surface area contributed by atoms with Gasteiger partial charge in [-0.15, -0.1) is 0 Å². The van der Waals surface area contributed by atoms with Gasteiger partial charge in [-0.2, -0.15) is 13.2 Å². The molecule has 6 heteroatoms. The van der Waals surface area contributed by atoms with Crippen molar-refractivity contribution in [3.05, 3.63) is 65.2 Å². The Hall–Kier alpha value is -2.05. The molecule has 2 heterocycles. The number of aliphatic hydroxyl groups is 1. The van der Waals surface area contributed by atoms with E-state index in [-0.39, 0.29) is 24.7 Å². The van der Waals surface area contributed by atoms with E-state index in [1.807, 2.05) is 30.3 Å². The summed E-state index contributed by atoms with van der Waals surface area (Å²) in [7, 11) is 0. The minimum absolute atomic E-state index is 0.0319. The van der Waals surface area contributed by atoms with E-state index in [1.54, 1.807) is 0 Å². The predicted molar refractivity (Wildman–Crippen MR) is 87.1 cm³/mol. The van der Waals surface area contributed by atoms with Gasteiger partial charge in [-0.05, 0) is 30.2 Å². The Morgan fingerprint density at radius 1 is 1.12 bits per heavy atom. The lowest BCUT2D eigenvalue weighted by atomic mass is 9.80. The zero-order chi connectivity index (χ0) is 17.6. The van der Waals surface area contributed by atoms with Crippen molar-refractivity contribution in [2.45, 2.75) is 30.8 Å². The topological polar surface area (TPSA) is 41.5 Å². The van der Waals surface area contributed by atoms with Crippen LogP contribution < -0.4 is 5.32 Å². The van der Waals surface area contributed by atoms with E-state index in [4.69, 9.17) is 4.74 Å². The maximum absolute atomic E-state index is 13.1. The zero-order valence-electron chi connectivity index (χ0n) is 13.3. The molecule has 1 fully saturated rings. The van der Waals surface area contributed by atoms with Crippen molar-refractivity contribution >= 4 is 5.69 Å². The number of hydrogen-bond acceptors (Lipinski definition) is 3. The number of alkyl halides is 3. The molecule has 132 valence electrons. The molecule has 0 spiro atoms. The molecule has 4 rings (SSSR count). The largest absolute Gasteiger partial charge is 0.416 e. The number of rotatable bonds is 2. The first-order chi connectivity index (χ1) is 12.0. The highest BCUT2D eigenvalue weighted by Gasteiger charge is 2.46. The highest BCUT2D eigenvalue weighted by Crippen LogP contribution is 2.52. The summed E-state index contributed by atoms with van der Waals surface area (Å²) in [6.45, 7) is -0.136. The number of benzene rings is 2. The molecule has 1 saturated heterocycles. The SMILES string of the molecule is OC[C@@H]1C[C@@H]2[C@H](O1)c1cc(C(F)(F)F)ccc1N[C@H]2c1ccccc1. The second-order valence-corrected chi connectivity index (χ2v) is 6.59. The Balaban J connectivity index is 1.77. The van der Waals surface area contributed by atoms with Crippen molar-refractivity contribution in [1.82, 2.24) is 0 Å². The van der Waals surface area contributed by atoms with Crippen molar-refractivity contribution in [1.29, 1.82) is 0 Å². The molecular weight excluding hydrogens is 331 g/mol. The highest BCUT2D eigenvalue weighted by atomic mass is 19.4. The molecule has 2 aliphatic heterocycles. The number of fused-ring (bicyclic) bond motifs is 3. The monoisotopic (exact) mass is 349 g/mol. The molecule has 0 aromatic heterocycles. The van der Waals surface area contributed by atoms with Crippen LogP contribution in [0.1, 0.15) is 35.3 Å². The first kappa shape index (κ1) is 16.4. The lowest BCUT2D eigenvalue weighted by molar-refractivity contribution is -0.137. The normalized spacial score (nSPS) is 28.2. The second-order valence-electron chi connectivity index (χ2n) is 6.59. The predicted octanol–water partition coefficient (Wildman–Crippen LogP) is 4.31. The number of aliphatic hydroxyl groups excluding tert-OH is 1. The lowest BCUT2D eigenvalue weighted by Gasteiger charge is -2.36. The van der Waals surface area contributed by atoms with E-state index in [1.165, 1.54) is 12.1 Å². The van der Waals surface area contributed by atoms with Crippen LogP contribution in [0.2, 0.25) is 0 Å². The van der Waals surface area contributed by atoms with Crippen molar-refractivity contribution in [2.75, 3.05) is 11.9 Å². The molecule has 2 aromatic rings. The Morgan fingerprint density at radius 3 is 2.56 bits per heavy atom. The van der Waals surface area contributed by atoms with Crippen LogP contribution in [-0.2, 0) is 10.9 Å². The van der Waals surface area contributed by atoms with Gasteiger partial charge in [0.1, 0.15) is 0 Å². The molecule has 0 amide bonds. The molecule has 2 aromatic carbocycles. The Kier molecular flexibility index (Phi) is 3.96. The van der Waals surface area contributed by atoms with Crippen LogP contribution in [0.3, 0.4) is 0 Å². The summed E-state index contributed by atoms with van der Waals surface area (Å²) in [5.41, 5.74) is 1.55. The molecular formula is C19H18F3NO2. The van der Waals surface area contributed by atoms with Gasteiger partial charge in [0, 0.05) is 17.2 Å². The summed E-state index contributed by atoms with van der Waals surface area (Å²) in [5.74, 6) is -0.0319. The quantitative estimate of drug-likeness (QED) is 0.849. The second kappa shape index (κ2) is 6.04. The van der Waals surface area contributed by atoms with Gasteiger partial charge in [-0.1, -0.05) is 30.3 Å². The van der Waals surface area contributed by atoms with Crippen LogP contribution in [0.25, 0.3) is 0 Å². The standard InChI is InChI=1S/C19H18F3NO2/c20-19(21,22)12-6-7-16-14(8-12)18-15(9-13(10-24)25-18)17(23-16)11-4-2-1-3-5-11/h1-8,13,15,17-18,23-24H,9-10H2/t13-,15-,17-,18+/m0/s1. The molecule has 2 N–H and O–H groups in total. The molecule has 0 aliphatic carbocycles. The fourth-order valence-corrected chi connectivity index (χ4v) is 3.89. The first-order valence-electron chi connectivity index (χ1n) is 8.26. The van der Waals surface area contributed by atoms with Gasteiger partial charge in [-0.25, -0.2) is 0 Å². The van der Waals surface area contributed by atoms with Gasteiger partial charge >= 0.3 is 6.18 Å². The van der Waals surface area contributed by atoms with E-state index >= 15 is 0 Å². The Bertz CT molecular complexity index is 763. The van der Waals surface area contributed by atoms with E-state index in [0.717, 1.165) is 11.6 Å². The molecule has 3 nitrogen and oxygen atoms in total. The maximum Gasteiger partial charge on any atom is 0.416 e. The average molecular weight is 349 g/mol. The van der Waals surface area contributed by atoms with E-state index in [2.05, 4.69) is 5.32 Å². The highest BCUT2D eigenvalue weighted by molar-refractivity contribution is 5.59. The Labute approximate surface area is 143 Å². The van der Waals surface area contributed by atoms with Gasteiger partial charge in [0.2, 0.25) is 0 Å². The minimum Gasteiger partial charge on any atom is -0.394 e. The lowest BCUT2D eigenvalue weighted by Crippen LogP contribution is -2.29. The van der Waals surface area contributed by atoms with Crippen LogP contribution in [0, 0.1) is 5.92 Å². The molecule has 0 bridgehead atoms. The van der Waals surface area contributed by atoms with Gasteiger partial charge in [-0.3, -0.25) is 0 Å². The van der Waals surface area contributed by atoms with Crippen molar-refractivity contribution in [3.63, 3.8) is 0 Å². The van der Waals surface area contributed by atoms with E-state index in [9.17, 15) is 18.3 Å². The van der Waals surface area contributed by atoms with E-state index < -0.39 is 17.8 Å². The number of halogens is 3. The number of ether oxygens (including phenoxy) is 1. The number of nitrogens with one attached hydrogen (secondary N) is 1. The third kappa shape index (κ3) is 2.89. The first-order valence-corrected chi connectivity index (χ1v) is 8.26. The van der Waals surface area contributed by atoms with Crippen molar-refractivity contribution in [2.24, 2.45) is 5.92 Å². The van der Waals surface area contributed by atoms with Crippen LogP contribution in [-0.4, -0.2) is 17.8 Å². The van der Waals surface area contributed by atoms with Crippen molar-refractivity contribution < 1.29 is 23.0 Å². The van der Waals surface area contributed by atoms with Crippen LogP contribution in [0.15, 0.2) is 48.5 Å². The van der Waals surface area contributed by atoms with Gasteiger partial charge in [0.15, 0.2) is 0 Å². The van der Waals surface area contributed by atoms with Crippen molar-refractivity contribution in [3.8, 4) is 0 Å². The minimum atomic E-state index is -4.39. The van der Waals surface area contributed by atoms with Crippen LogP contribution in [0.4, 0.5) is 18.9 Å². The van der Waals surface area contributed by atoms with Crippen LogP contribution >= 0.6 is 0 Å². The molecule has 0 unspecified atom stereocenters. The summed E-state index contributed by atoms with van der Waals surface area (Å²) >= 11 is 0. The summed E-state index contributed by atoms with van der Waals surface area (Å²) in [6, 6.07) is 13.5. The number of anilines is 1. The van der Waals surface area contributed by atoms with E-state index in [0.29, 0.717) is 17.7 Å². The zero-order valence-corrected chi connectivity index (χ0v) is 13.3. The fourth-order valence-electron chi connectivity index (χ4n) is 3.89.